The monoisotopic (exact) mass is 326 g/mol. The van der Waals surface area contributed by atoms with Crippen LogP contribution in [0.1, 0.15) is 0 Å². The first-order valence-corrected chi connectivity index (χ1v) is 6.23. The SMILES string of the molecule is CNc1ncnc(Nc2cc(F)ccc2Br)c1OC. The fraction of sp³-hybridized carbons (Fsp3) is 0.167. The molecule has 1 heterocycles. The summed E-state index contributed by atoms with van der Waals surface area (Å²) in [5, 5.41) is 5.90. The van der Waals surface area contributed by atoms with Crippen molar-refractivity contribution in [2.75, 3.05) is 24.8 Å². The highest BCUT2D eigenvalue weighted by Gasteiger charge is 2.12. The minimum Gasteiger partial charge on any atom is -0.490 e. The van der Waals surface area contributed by atoms with Crippen LogP contribution in [0.15, 0.2) is 29.0 Å². The molecule has 5 nitrogen and oxygen atoms in total. The summed E-state index contributed by atoms with van der Waals surface area (Å²) < 4.78 is 19.2. The van der Waals surface area contributed by atoms with Crippen LogP contribution < -0.4 is 15.4 Å². The smallest absolute Gasteiger partial charge is 0.204 e. The molecule has 100 valence electrons. The number of anilines is 3. The van der Waals surface area contributed by atoms with Gasteiger partial charge in [-0.25, -0.2) is 14.4 Å². The fourth-order valence-corrected chi connectivity index (χ4v) is 1.90. The van der Waals surface area contributed by atoms with Crippen LogP contribution in [-0.4, -0.2) is 24.1 Å². The van der Waals surface area contributed by atoms with Gasteiger partial charge in [0.15, 0.2) is 11.6 Å². The molecule has 2 aromatic rings. The third-order valence-corrected chi connectivity index (χ3v) is 3.12. The summed E-state index contributed by atoms with van der Waals surface area (Å²) in [5.74, 6) is 1.12. The molecule has 0 saturated carbocycles. The quantitative estimate of drug-likeness (QED) is 0.903. The summed E-state index contributed by atoms with van der Waals surface area (Å²) in [6.45, 7) is 0. The minimum absolute atomic E-state index is 0.340. The highest BCUT2D eigenvalue weighted by atomic mass is 79.9. The lowest BCUT2D eigenvalue weighted by Crippen LogP contribution is -2.03. The standard InChI is InChI=1S/C12H12BrFN4O/c1-15-11-10(19-2)12(17-6-16-11)18-9-5-7(14)3-4-8(9)13/h3-6H,1-2H3,(H2,15,16,17,18). The summed E-state index contributed by atoms with van der Waals surface area (Å²) in [6, 6.07) is 4.35. The Morgan fingerprint density at radius 1 is 1.26 bits per heavy atom. The lowest BCUT2D eigenvalue weighted by molar-refractivity contribution is 0.415. The summed E-state index contributed by atoms with van der Waals surface area (Å²) in [6.07, 6.45) is 1.39. The van der Waals surface area contributed by atoms with Gasteiger partial charge < -0.3 is 15.4 Å². The van der Waals surface area contributed by atoms with Crippen LogP contribution in [0.2, 0.25) is 0 Å². The summed E-state index contributed by atoms with van der Waals surface area (Å²) in [7, 11) is 3.25. The Balaban J connectivity index is 2.40. The van der Waals surface area contributed by atoms with Crippen LogP contribution in [0.25, 0.3) is 0 Å². The van der Waals surface area contributed by atoms with E-state index in [1.165, 1.54) is 25.6 Å². The van der Waals surface area contributed by atoms with Gasteiger partial charge in [-0.3, -0.25) is 0 Å². The zero-order valence-corrected chi connectivity index (χ0v) is 12.0. The van der Waals surface area contributed by atoms with Crippen LogP contribution >= 0.6 is 15.9 Å². The molecule has 1 aromatic heterocycles. The topological polar surface area (TPSA) is 59.1 Å². The van der Waals surface area contributed by atoms with Crippen molar-refractivity contribution < 1.29 is 9.13 Å². The van der Waals surface area contributed by atoms with Crippen molar-refractivity contribution in [1.29, 1.82) is 0 Å². The second-order valence-electron chi connectivity index (χ2n) is 3.60. The Bertz CT molecular complexity index is 594. The molecule has 0 saturated heterocycles. The zero-order valence-electron chi connectivity index (χ0n) is 10.4. The number of rotatable bonds is 4. The Kier molecular flexibility index (Phi) is 4.16. The first-order chi connectivity index (χ1) is 9.15. The van der Waals surface area contributed by atoms with Gasteiger partial charge in [-0.2, -0.15) is 0 Å². The van der Waals surface area contributed by atoms with Crippen LogP contribution in [0, 0.1) is 5.82 Å². The second kappa shape index (κ2) is 5.83. The number of methoxy groups -OCH3 is 1. The predicted molar refractivity (Wildman–Crippen MR) is 75.5 cm³/mol. The van der Waals surface area contributed by atoms with Gasteiger partial charge >= 0.3 is 0 Å². The third-order valence-electron chi connectivity index (χ3n) is 2.43. The number of nitrogens with zero attached hydrogens (tertiary/aromatic N) is 2. The fourth-order valence-electron chi connectivity index (χ4n) is 1.56. The van der Waals surface area contributed by atoms with Crippen molar-refractivity contribution in [1.82, 2.24) is 9.97 Å². The summed E-state index contributed by atoms with van der Waals surface area (Å²) >= 11 is 3.34. The molecule has 1 aromatic carbocycles. The average molecular weight is 327 g/mol. The number of nitrogens with one attached hydrogen (secondary N) is 2. The normalized spacial score (nSPS) is 10.1. The number of halogens is 2. The van der Waals surface area contributed by atoms with E-state index in [2.05, 4.69) is 36.5 Å². The third kappa shape index (κ3) is 2.93. The first kappa shape index (κ1) is 13.5. The zero-order chi connectivity index (χ0) is 13.8. The van der Waals surface area contributed by atoms with Gasteiger partial charge in [0.25, 0.3) is 0 Å². The molecule has 2 rings (SSSR count). The molecular formula is C12H12BrFN4O. The van der Waals surface area contributed by atoms with Crippen LogP contribution in [0.4, 0.5) is 21.7 Å². The number of benzene rings is 1. The molecule has 0 atom stereocenters. The maximum Gasteiger partial charge on any atom is 0.204 e. The molecule has 0 bridgehead atoms. The maximum absolute atomic E-state index is 13.2. The van der Waals surface area contributed by atoms with E-state index in [0.717, 1.165) is 4.47 Å². The lowest BCUT2D eigenvalue weighted by Gasteiger charge is -2.13. The largest absolute Gasteiger partial charge is 0.490 e. The van der Waals surface area contributed by atoms with E-state index < -0.39 is 0 Å². The van der Waals surface area contributed by atoms with E-state index in [1.807, 2.05) is 0 Å². The van der Waals surface area contributed by atoms with Crippen LogP contribution in [-0.2, 0) is 0 Å². The van der Waals surface area contributed by atoms with Crippen LogP contribution in [0.5, 0.6) is 5.75 Å². The number of hydrogen-bond donors (Lipinski definition) is 2. The van der Waals surface area contributed by atoms with Gasteiger partial charge in [-0.15, -0.1) is 0 Å². The molecule has 0 unspecified atom stereocenters. The number of ether oxygens (including phenoxy) is 1. The maximum atomic E-state index is 13.2. The van der Waals surface area contributed by atoms with Crippen molar-refractivity contribution in [3.05, 3.63) is 34.8 Å². The Labute approximate surface area is 118 Å². The Hall–Kier alpha value is -1.89. The molecule has 19 heavy (non-hydrogen) atoms. The molecule has 0 aliphatic heterocycles. The molecule has 0 fully saturated rings. The van der Waals surface area contributed by atoms with E-state index in [1.54, 1.807) is 13.1 Å². The van der Waals surface area contributed by atoms with E-state index >= 15 is 0 Å². The van der Waals surface area contributed by atoms with Crippen molar-refractivity contribution >= 4 is 33.3 Å². The van der Waals surface area contributed by atoms with Gasteiger partial charge in [-0.05, 0) is 34.1 Å². The molecule has 0 aliphatic rings. The molecule has 0 spiro atoms. The van der Waals surface area contributed by atoms with Gasteiger partial charge in [0.05, 0.1) is 12.8 Å². The van der Waals surface area contributed by atoms with Gasteiger partial charge in [-0.1, -0.05) is 0 Å². The van der Waals surface area contributed by atoms with E-state index in [4.69, 9.17) is 4.74 Å². The molecule has 2 N–H and O–H groups in total. The van der Waals surface area contributed by atoms with E-state index in [9.17, 15) is 4.39 Å². The van der Waals surface area contributed by atoms with Crippen LogP contribution in [0.3, 0.4) is 0 Å². The average Bonchev–Trinajstić information content (AvgIpc) is 2.42. The van der Waals surface area contributed by atoms with Crippen molar-refractivity contribution in [2.24, 2.45) is 0 Å². The molecule has 0 aliphatic carbocycles. The minimum atomic E-state index is -0.340. The van der Waals surface area contributed by atoms with Crippen molar-refractivity contribution in [2.45, 2.75) is 0 Å². The molecule has 0 radical (unpaired) electrons. The molecule has 0 amide bonds. The van der Waals surface area contributed by atoms with Gasteiger partial charge in [0, 0.05) is 11.5 Å². The van der Waals surface area contributed by atoms with E-state index in [0.29, 0.717) is 23.1 Å². The summed E-state index contributed by atoms with van der Waals surface area (Å²) in [5.41, 5.74) is 0.555. The molecular weight excluding hydrogens is 315 g/mol. The highest BCUT2D eigenvalue weighted by Crippen LogP contribution is 2.33. The van der Waals surface area contributed by atoms with Crippen molar-refractivity contribution in [3.63, 3.8) is 0 Å². The Morgan fingerprint density at radius 3 is 2.68 bits per heavy atom. The summed E-state index contributed by atoms with van der Waals surface area (Å²) in [4.78, 5) is 8.13. The Morgan fingerprint density at radius 2 is 2.00 bits per heavy atom. The number of hydrogen-bond acceptors (Lipinski definition) is 5. The lowest BCUT2D eigenvalue weighted by atomic mass is 10.3. The number of aromatic nitrogens is 2. The second-order valence-corrected chi connectivity index (χ2v) is 4.46. The highest BCUT2D eigenvalue weighted by molar-refractivity contribution is 9.10. The van der Waals surface area contributed by atoms with Gasteiger partial charge in [0.2, 0.25) is 5.75 Å². The van der Waals surface area contributed by atoms with Gasteiger partial charge in [0.1, 0.15) is 12.1 Å². The van der Waals surface area contributed by atoms with Crippen molar-refractivity contribution in [3.8, 4) is 5.75 Å². The first-order valence-electron chi connectivity index (χ1n) is 5.44. The van der Waals surface area contributed by atoms with E-state index in [-0.39, 0.29) is 5.82 Å². The molecule has 7 heteroatoms. The predicted octanol–water partition coefficient (Wildman–Crippen LogP) is 3.17.